The van der Waals surface area contributed by atoms with E-state index in [1.165, 1.54) is 0 Å². The van der Waals surface area contributed by atoms with E-state index >= 15 is 0 Å². The number of rotatable bonds is 6. The number of nitrogens with one attached hydrogen (secondary N) is 1. The van der Waals surface area contributed by atoms with Gasteiger partial charge in [0.15, 0.2) is 0 Å². The molecule has 1 aromatic heterocycles. The fraction of sp³-hybridized carbons (Fsp3) is 0.375. The van der Waals surface area contributed by atoms with Crippen LogP contribution in [0.2, 0.25) is 5.02 Å². The fourth-order valence-electron chi connectivity index (χ4n) is 2.18. The summed E-state index contributed by atoms with van der Waals surface area (Å²) >= 11 is 5.83. The van der Waals surface area contributed by atoms with Gasteiger partial charge in [0.25, 0.3) is 0 Å². The molecule has 0 saturated carbocycles. The molecule has 5 heteroatoms. The van der Waals surface area contributed by atoms with Gasteiger partial charge in [0.2, 0.25) is 5.91 Å². The highest BCUT2D eigenvalue weighted by Crippen LogP contribution is 2.14. The predicted molar refractivity (Wildman–Crippen MR) is 82.5 cm³/mol. The van der Waals surface area contributed by atoms with E-state index in [9.17, 15) is 4.79 Å². The normalized spacial score (nSPS) is 10.6. The number of carbonyl (C=O) groups excluding carboxylic acids is 1. The lowest BCUT2D eigenvalue weighted by Gasteiger charge is -2.05. The lowest BCUT2D eigenvalue weighted by Crippen LogP contribution is -2.25. The van der Waals surface area contributed by atoms with E-state index in [-0.39, 0.29) is 5.91 Å². The molecule has 21 heavy (non-hydrogen) atoms. The molecule has 4 nitrogen and oxygen atoms in total. The standard InChI is InChI=1S/C16H19ClN2O2/c1-11-15(12(2)21-19-11)7-8-16(20)18-10-9-13-3-5-14(17)6-4-13/h3-6H,7-10H2,1-2H3,(H,18,20). The van der Waals surface area contributed by atoms with Crippen LogP contribution in [0.3, 0.4) is 0 Å². The molecule has 2 aromatic rings. The lowest BCUT2D eigenvalue weighted by atomic mass is 10.1. The minimum absolute atomic E-state index is 0.0453. The second-order valence-electron chi connectivity index (χ2n) is 5.03. The molecule has 112 valence electrons. The summed E-state index contributed by atoms with van der Waals surface area (Å²) in [6.07, 6.45) is 1.91. The average Bonchev–Trinajstić information content (AvgIpc) is 2.78. The number of hydrogen-bond acceptors (Lipinski definition) is 3. The van der Waals surface area contributed by atoms with E-state index in [0.29, 0.717) is 19.4 Å². The van der Waals surface area contributed by atoms with Crippen molar-refractivity contribution in [2.24, 2.45) is 0 Å². The second-order valence-corrected chi connectivity index (χ2v) is 5.47. The molecule has 0 saturated heterocycles. The van der Waals surface area contributed by atoms with Crippen LogP contribution < -0.4 is 5.32 Å². The van der Waals surface area contributed by atoms with Gasteiger partial charge in [-0.1, -0.05) is 28.9 Å². The molecule has 0 bridgehead atoms. The fourth-order valence-corrected chi connectivity index (χ4v) is 2.31. The molecule has 0 spiro atoms. The van der Waals surface area contributed by atoms with Crippen molar-refractivity contribution < 1.29 is 9.32 Å². The summed E-state index contributed by atoms with van der Waals surface area (Å²) in [5.41, 5.74) is 3.05. The van der Waals surface area contributed by atoms with Crippen LogP contribution >= 0.6 is 11.6 Å². The molecule has 2 rings (SSSR count). The summed E-state index contributed by atoms with van der Waals surface area (Å²) in [5, 5.41) is 7.53. The van der Waals surface area contributed by atoms with Crippen molar-refractivity contribution in [3.05, 3.63) is 51.9 Å². The van der Waals surface area contributed by atoms with Gasteiger partial charge in [-0.25, -0.2) is 0 Å². The number of nitrogens with zero attached hydrogens (tertiary/aromatic N) is 1. The Balaban J connectivity index is 1.71. The van der Waals surface area contributed by atoms with Gasteiger partial charge in [0.05, 0.1) is 5.69 Å². The van der Waals surface area contributed by atoms with Crippen molar-refractivity contribution in [2.45, 2.75) is 33.1 Å². The maximum Gasteiger partial charge on any atom is 0.220 e. The molecule has 0 aliphatic carbocycles. The van der Waals surface area contributed by atoms with Gasteiger partial charge < -0.3 is 9.84 Å². The first-order valence-electron chi connectivity index (χ1n) is 6.99. The zero-order valence-electron chi connectivity index (χ0n) is 12.3. The van der Waals surface area contributed by atoms with Crippen LogP contribution in [-0.2, 0) is 17.6 Å². The zero-order valence-corrected chi connectivity index (χ0v) is 13.0. The maximum atomic E-state index is 11.8. The molecule has 0 aliphatic heterocycles. The van der Waals surface area contributed by atoms with E-state index in [0.717, 1.165) is 34.0 Å². The third-order valence-corrected chi connectivity index (χ3v) is 3.68. The van der Waals surface area contributed by atoms with Crippen LogP contribution in [0, 0.1) is 13.8 Å². The van der Waals surface area contributed by atoms with Crippen molar-refractivity contribution in [1.82, 2.24) is 10.5 Å². The monoisotopic (exact) mass is 306 g/mol. The number of hydrogen-bond donors (Lipinski definition) is 1. The van der Waals surface area contributed by atoms with E-state index in [1.54, 1.807) is 0 Å². The van der Waals surface area contributed by atoms with E-state index in [1.807, 2.05) is 38.1 Å². The van der Waals surface area contributed by atoms with Crippen LogP contribution in [0.25, 0.3) is 0 Å². The first-order chi connectivity index (χ1) is 10.1. The lowest BCUT2D eigenvalue weighted by molar-refractivity contribution is -0.121. The van der Waals surface area contributed by atoms with Crippen LogP contribution in [-0.4, -0.2) is 17.6 Å². The molecule has 1 N–H and O–H groups in total. The predicted octanol–water partition coefficient (Wildman–Crippen LogP) is 3.24. The van der Waals surface area contributed by atoms with Gasteiger partial charge >= 0.3 is 0 Å². The zero-order chi connectivity index (χ0) is 15.2. The summed E-state index contributed by atoms with van der Waals surface area (Å²) in [7, 11) is 0. The Morgan fingerprint density at radius 2 is 1.95 bits per heavy atom. The second kappa shape index (κ2) is 7.27. The number of aryl methyl sites for hydroxylation is 2. The summed E-state index contributed by atoms with van der Waals surface area (Å²) in [6, 6.07) is 7.66. The van der Waals surface area contributed by atoms with Gasteiger partial charge in [-0.15, -0.1) is 0 Å². The minimum atomic E-state index is 0.0453. The Bertz CT molecular complexity index is 586. The molecule has 1 heterocycles. The third kappa shape index (κ3) is 4.60. The topological polar surface area (TPSA) is 55.1 Å². The minimum Gasteiger partial charge on any atom is -0.361 e. The highest BCUT2D eigenvalue weighted by Gasteiger charge is 2.10. The number of benzene rings is 1. The van der Waals surface area contributed by atoms with E-state index in [2.05, 4.69) is 10.5 Å². The van der Waals surface area contributed by atoms with Crippen molar-refractivity contribution in [1.29, 1.82) is 0 Å². The largest absolute Gasteiger partial charge is 0.361 e. The maximum absolute atomic E-state index is 11.8. The summed E-state index contributed by atoms with van der Waals surface area (Å²) < 4.78 is 5.08. The van der Waals surface area contributed by atoms with Gasteiger partial charge in [0, 0.05) is 23.6 Å². The molecule has 1 aromatic carbocycles. The Hall–Kier alpha value is -1.81. The first kappa shape index (κ1) is 15.6. The summed E-state index contributed by atoms with van der Waals surface area (Å²) in [6.45, 7) is 4.39. The van der Waals surface area contributed by atoms with Gasteiger partial charge in [0.1, 0.15) is 5.76 Å². The van der Waals surface area contributed by atoms with Crippen LogP contribution in [0.5, 0.6) is 0 Å². The Kier molecular flexibility index (Phi) is 5.39. The highest BCUT2D eigenvalue weighted by molar-refractivity contribution is 6.30. The molecule has 0 radical (unpaired) electrons. The molecule has 0 aliphatic rings. The van der Waals surface area contributed by atoms with Gasteiger partial charge in [-0.2, -0.15) is 0 Å². The van der Waals surface area contributed by atoms with Crippen molar-refractivity contribution in [3.63, 3.8) is 0 Å². The van der Waals surface area contributed by atoms with E-state index in [4.69, 9.17) is 16.1 Å². The SMILES string of the molecule is Cc1noc(C)c1CCC(=O)NCCc1ccc(Cl)cc1. The smallest absolute Gasteiger partial charge is 0.220 e. The molecule has 0 atom stereocenters. The average molecular weight is 307 g/mol. The third-order valence-electron chi connectivity index (χ3n) is 3.43. The van der Waals surface area contributed by atoms with Crippen LogP contribution in [0.1, 0.15) is 29.0 Å². The number of halogens is 1. The Morgan fingerprint density at radius 1 is 1.24 bits per heavy atom. The summed E-state index contributed by atoms with van der Waals surface area (Å²) in [4.78, 5) is 11.8. The highest BCUT2D eigenvalue weighted by atomic mass is 35.5. The van der Waals surface area contributed by atoms with Crippen molar-refractivity contribution in [2.75, 3.05) is 6.54 Å². The molecular formula is C16H19ClN2O2. The first-order valence-corrected chi connectivity index (χ1v) is 7.37. The Morgan fingerprint density at radius 3 is 2.57 bits per heavy atom. The number of aromatic nitrogens is 1. The number of amides is 1. The molecule has 0 unspecified atom stereocenters. The van der Waals surface area contributed by atoms with Crippen molar-refractivity contribution >= 4 is 17.5 Å². The van der Waals surface area contributed by atoms with Gasteiger partial charge in [-0.3, -0.25) is 4.79 Å². The number of carbonyl (C=O) groups is 1. The molecule has 0 fully saturated rings. The Labute approximate surface area is 129 Å². The summed E-state index contributed by atoms with van der Waals surface area (Å²) in [5.74, 6) is 0.838. The van der Waals surface area contributed by atoms with Crippen LogP contribution in [0.15, 0.2) is 28.8 Å². The molecule has 1 amide bonds. The van der Waals surface area contributed by atoms with E-state index < -0.39 is 0 Å². The van der Waals surface area contributed by atoms with Crippen LogP contribution in [0.4, 0.5) is 0 Å². The van der Waals surface area contributed by atoms with Crippen molar-refractivity contribution in [3.8, 4) is 0 Å². The quantitative estimate of drug-likeness (QED) is 0.891. The van der Waals surface area contributed by atoms with Gasteiger partial charge in [-0.05, 0) is 44.4 Å². The molecular weight excluding hydrogens is 288 g/mol.